The summed E-state index contributed by atoms with van der Waals surface area (Å²) >= 11 is 0. The Bertz CT molecular complexity index is 2190. The Morgan fingerprint density at radius 3 is 1.87 bits per heavy atom. The number of oxazole rings is 1. The normalized spacial score (nSPS) is 16.7. The van der Waals surface area contributed by atoms with E-state index in [0.29, 0.717) is 5.89 Å². The second-order valence-electron chi connectivity index (χ2n) is 12.3. The van der Waals surface area contributed by atoms with Crippen molar-refractivity contribution in [3.63, 3.8) is 0 Å². The molecule has 9 rings (SSSR count). The predicted octanol–water partition coefficient (Wildman–Crippen LogP) is 11.2. The molecule has 0 saturated carbocycles. The maximum absolute atomic E-state index is 6.28. The van der Waals surface area contributed by atoms with E-state index in [1.54, 1.807) is 0 Å². The average Bonchev–Trinajstić information content (AvgIpc) is 3.73. The van der Waals surface area contributed by atoms with Crippen LogP contribution in [-0.2, 0) is 10.8 Å². The van der Waals surface area contributed by atoms with Crippen LogP contribution in [0, 0.1) is 0 Å². The van der Waals surface area contributed by atoms with Crippen LogP contribution in [0.3, 0.4) is 0 Å². The van der Waals surface area contributed by atoms with Crippen LogP contribution in [0.2, 0.25) is 0 Å². The molecule has 6 aromatic carbocycles. The van der Waals surface area contributed by atoms with Crippen LogP contribution < -0.4 is 0 Å². The van der Waals surface area contributed by atoms with Crippen LogP contribution >= 0.6 is 0 Å². The highest BCUT2D eigenvalue weighted by Crippen LogP contribution is 2.58. The molecule has 0 aliphatic heterocycles. The van der Waals surface area contributed by atoms with E-state index in [9.17, 15) is 0 Å². The first-order chi connectivity index (χ1) is 22.1. The molecular formula is C43H35NO. The molecule has 0 spiro atoms. The molecule has 0 bridgehead atoms. The Balaban J connectivity index is 0.00000147. The molecule has 0 radical (unpaired) electrons. The van der Waals surface area contributed by atoms with E-state index in [1.807, 2.05) is 38.1 Å². The molecule has 218 valence electrons. The van der Waals surface area contributed by atoms with Crippen molar-refractivity contribution < 1.29 is 4.42 Å². The van der Waals surface area contributed by atoms with Crippen molar-refractivity contribution in [3.05, 3.63) is 173 Å². The standard InChI is InChI=1S/C41H29NO.C2H6/c1-40(2)33-16-8-6-14-29(33)31-23-21-28(25-35(31)40)41(27-12-4-3-5-13-27)34-17-9-7-15-30(34)32-22-20-26(24-36(32)41)39-42-37-18-10-11-19-38(37)43-39;1-2/h3-25H,1-2H3;1-2H3. The van der Waals surface area contributed by atoms with E-state index < -0.39 is 5.41 Å². The van der Waals surface area contributed by atoms with Gasteiger partial charge in [0.15, 0.2) is 5.58 Å². The summed E-state index contributed by atoms with van der Waals surface area (Å²) in [6.07, 6.45) is 0. The minimum Gasteiger partial charge on any atom is -0.436 e. The second-order valence-corrected chi connectivity index (χ2v) is 12.3. The van der Waals surface area contributed by atoms with Gasteiger partial charge < -0.3 is 4.42 Å². The molecule has 1 atom stereocenters. The zero-order valence-electron chi connectivity index (χ0n) is 26.1. The van der Waals surface area contributed by atoms with Crippen LogP contribution in [0.5, 0.6) is 0 Å². The molecular weight excluding hydrogens is 546 g/mol. The second kappa shape index (κ2) is 10.2. The Morgan fingerprint density at radius 2 is 1.09 bits per heavy atom. The molecule has 0 N–H and O–H groups in total. The minimum atomic E-state index is -0.505. The van der Waals surface area contributed by atoms with Gasteiger partial charge in [-0.15, -0.1) is 0 Å². The van der Waals surface area contributed by atoms with Crippen LogP contribution in [0.4, 0.5) is 0 Å². The highest BCUT2D eigenvalue weighted by molar-refractivity contribution is 5.89. The molecule has 1 heterocycles. The molecule has 2 aliphatic rings. The highest BCUT2D eigenvalue weighted by atomic mass is 16.3. The third kappa shape index (κ3) is 3.78. The monoisotopic (exact) mass is 581 g/mol. The lowest BCUT2D eigenvalue weighted by Gasteiger charge is -2.35. The first kappa shape index (κ1) is 27.3. The van der Waals surface area contributed by atoms with Crippen molar-refractivity contribution in [1.82, 2.24) is 4.98 Å². The van der Waals surface area contributed by atoms with Gasteiger partial charge in [0.25, 0.3) is 0 Å². The van der Waals surface area contributed by atoms with Gasteiger partial charge in [0.2, 0.25) is 5.89 Å². The van der Waals surface area contributed by atoms with Crippen molar-refractivity contribution in [1.29, 1.82) is 0 Å². The van der Waals surface area contributed by atoms with Crippen molar-refractivity contribution in [2.75, 3.05) is 0 Å². The maximum Gasteiger partial charge on any atom is 0.227 e. The number of nitrogens with zero attached hydrogens (tertiary/aromatic N) is 1. The quantitative estimate of drug-likeness (QED) is 0.207. The van der Waals surface area contributed by atoms with Crippen LogP contribution in [-0.4, -0.2) is 4.98 Å². The van der Waals surface area contributed by atoms with Crippen molar-refractivity contribution >= 4 is 11.1 Å². The fourth-order valence-electron chi connectivity index (χ4n) is 7.82. The summed E-state index contributed by atoms with van der Waals surface area (Å²) in [7, 11) is 0. The number of hydrogen-bond acceptors (Lipinski definition) is 2. The molecule has 0 saturated heterocycles. The van der Waals surface area contributed by atoms with Gasteiger partial charge in [-0.1, -0.05) is 143 Å². The Labute approximate surface area is 265 Å². The zero-order valence-corrected chi connectivity index (χ0v) is 26.1. The van der Waals surface area contributed by atoms with Gasteiger partial charge in [-0.2, -0.15) is 0 Å². The summed E-state index contributed by atoms with van der Waals surface area (Å²) in [4.78, 5) is 4.87. The van der Waals surface area contributed by atoms with Gasteiger partial charge in [0.1, 0.15) is 5.52 Å². The number of hydrogen-bond donors (Lipinski definition) is 0. The lowest BCUT2D eigenvalue weighted by atomic mass is 9.66. The predicted molar refractivity (Wildman–Crippen MR) is 186 cm³/mol. The van der Waals surface area contributed by atoms with Crippen LogP contribution in [0.1, 0.15) is 61.1 Å². The molecule has 2 heteroatoms. The average molecular weight is 582 g/mol. The van der Waals surface area contributed by atoms with E-state index >= 15 is 0 Å². The Hall–Kier alpha value is -5.21. The molecule has 7 aromatic rings. The zero-order chi connectivity index (χ0) is 30.8. The maximum atomic E-state index is 6.28. The van der Waals surface area contributed by atoms with Gasteiger partial charge in [0, 0.05) is 11.0 Å². The summed E-state index contributed by atoms with van der Waals surface area (Å²) < 4.78 is 6.28. The molecule has 2 aliphatic carbocycles. The van der Waals surface area contributed by atoms with Crippen LogP contribution in [0.15, 0.2) is 144 Å². The number of para-hydroxylation sites is 2. The van der Waals surface area contributed by atoms with Gasteiger partial charge in [-0.3, -0.25) is 0 Å². The topological polar surface area (TPSA) is 26.0 Å². The molecule has 2 nitrogen and oxygen atoms in total. The SMILES string of the molecule is CC.CC1(C)c2ccccc2-c2ccc(C3(c4ccccc4)c4ccccc4-c4ccc(-c5nc6ccccc6o5)cc43)cc21. The smallest absolute Gasteiger partial charge is 0.227 e. The van der Waals surface area contributed by atoms with Gasteiger partial charge in [0.05, 0.1) is 5.41 Å². The first-order valence-electron chi connectivity index (χ1n) is 16.0. The fraction of sp³-hybridized carbons (Fsp3) is 0.140. The van der Waals surface area contributed by atoms with Gasteiger partial charge in [-0.25, -0.2) is 4.98 Å². The third-order valence-corrected chi connectivity index (χ3v) is 9.81. The van der Waals surface area contributed by atoms with Crippen LogP contribution in [0.25, 0.3) is 44.8 Å². The van der Waals surface area contributed by atoms with E-state index in [0.717, 1.165) is 16.7 Å². The number of benzene rings is 6. The molecule has 1 aromatic heterocycles. The summed E-state index contributed by atoms with van der Waals surface area (Å²) in [5, 5.41) is 0. The fourth-order valence-corrected chi connectivity index (χ4v) is 7.82. The lowest BCUT2D eigenvalue weighted by molar-refractivity contribution is 0.619. The third-order valence-electron chi connectivity index (χ3n) is 9.81. The van der Waals surface area contributed by atoms with Gasteiger partial charge >= 0.3 is 0 Å². The summed E-state index contributed by atoms with van der Waals surface area (Å²) in [5.74, 6) is 0.646. The Kier molecular flexibility index (Phi) is 6.18. The van der Waals surface area contributed by atoms with E-state index in [1.165, 1.54) is 55.6 Å². The summed E-state index contributed by atoms with van der Waals surface area (Å²) in [5.41, 5.74) is 15.1. The van der Waals surface area contributed by atoms with Gasteiger partial charge in [-0.05, 0) is 79.9 Å². The van der Waals surface area contributed by atoms with E-state index in [4.69, 9.17) is 9.40 Å². The largest absolute Gasteiger partial charge is 0.436 e. The molecule has 0 amide bonds. The highest BCUT2D eigenvalue weighted by Gasteiger charge is 2.47. The molecule has 1 unspecified atom stereocenters. The minimum absolute atomic E-state index is 0.0964. The van der Waals surface area contributed by atoms with Crippen molar-refractivity contribution in [3.8, 4) is 33.7 Å². The lowest BCUT2D eigenvalue weighted by Crippen LogP contribution is -2.29. The summed E-state index contributed by atoms with van der Waals surface area (Å²) in [6.45, 7) is 8.72. The number of fused-ring (bicyclic) bond motifs is 7. The molecule has 0 fully saturated rings. The first-order valence-corrected chi connectivity index (χ1v) is 16.0. The van der Waals surface area contributed by atoms with E-state index in [-0.39, 0.29) is 5.41 Å². The number of aromatic nitrogens is 1. The Morgan fingerprint density at radius 1 is 0.489 bits per heavy atom. The van der Waals surface area contributed by atoms with Crippen molar-refractivity contribution in [2.45, 2.75) is 38.5 Å². The molecule has 45 heavy (non-hydrogen) atoms. The summed E-state index contributed by atoms with van der Waals surface area (Å²) in [6, 6.07) is 50.7. The van der Waals surface area contributed by atoms with E-state index in [2.05, 4.69) is 129 Å². The number of rotatable bonds is 3. The van der Waals surface area contributed by atoms with Crippen molar-refractivity contribution in [2.24, 2.45) is 0 Å².